The number of nitrogens with one attached hydrogen (secondary N) is 1. The molecule has 0 aromatic heterocycles. The highest BCUT2D eigenvalue weighted by atomic mass is 16.7. The fourth-order valence-corrected chi connectivity index (χ4v) is 7.16. The molecule has 1 aliphatic rings. The highest BCUT2D eigenvalue weighted by Gasteiger charge is 2.44. The highest BCUT2D eigenvalue weighted by Crippen LogP contribution is 2.23. The van der Waals surface area contributed by atoms with Gasteiger partial charge in [0, 0.05) is 6.42 Å². The van der Waals surface area contributed by atoms with Gasteiger partial charge in [-0.3, -0.25) is 4.79 Å². The minimum atomic E-state index is -1.55. The Labute approximate surface area is 313 Å². The van der Waals surface area contributed by atoms with Gasteiger partial charge in [0.25, 0.3) is 0 Å². The van der Waals surface area contributed by atoms with Crippen molar-refractivity contribution >= 4 is 5.91 Å². The molecule has 2 unspecified atom stereocenters. The van der Waals surface area contributed by atoms with Crippen molar-refractivity contribution in [3.05, 3.63) is 0 Å². The molecule has 1 rings (SSSR count). The first-order valence-corrected chi connectivity index (χ1v) is 21.7. The first kappa shape index (κ1) is 48.2. The SMILES string of the molecule is CCCCCCCCCCCCCCCCCCCCC(=O)N[C@@H](CO[C@@H]1O[C@H](CO)[C@H](O)C(O)C1O)[C@H](O)CCCCCCCCCCCC. The second kappa shape index (κ2) is 33.7. The third kappa shape index (κ3) is 25.0. The van der Waals surface area contributed by atoms with Gasteiger partial charge in [-0.05, 0) is 12.8 Å². The molecular weight excluding hydrogens is 646 g/mol. The molecule has 0 aromatic carbocycles. The highest BCUT2D eigenvalue weighted by molar-refractivity contribution is 5.76. The quantitative estimate of drug-likeness (QED) is 0.0353. The zero-order valence-corrected chi connectivity index (χ0v) is 33.1. The van der Waals surface area contributed by atoms with Gasteiger partial charge in [0.05, 0.1) is 25.4 Å². The van der Waals surface area contributed by atoms with Crippen molar-refractivity contribution in [2.75, 3.05) is 13.2 Å². The van der Waals surface area contributed by atoms with Crippen molar-refractivity contribution in [2.45, 2.75) is 249 Å². The molecule has 1 fully saturated rings. The lowest BCUT2D eigenvalue weighted by atomic mass is 9.99. The van der Waals surface area contributed by atoms with Crippen molar-refractivity contribution in [2.24, 2.45) is 0 Å². The molecule has 7 atom stereocenters. The lowest BCUT2D eigenvalue weighted by Gasteiger charge is -2.40. The summed E-state index contributed by atoms with van der Waals surface area (Å²) in [5.41, 5.74) is 0. The van der Waals surface area contributed by atoms with E-state index in [9.17, 15) is 30.3 Å². The second-order valence-corrected chi connectivity index (χ2v) is 15.5. The van der Waals surface area contributed by atoms with Crippen LogP contribution in [0.15, 0.2) is 0 Å². The Morgan fingerprint density at radius 2 is 0.980 bits per heavy atom. The number of carbonyl (C=O) groups excluding carboxylic acids is 1. The number of unbranched alkanes of at least 4 members (excludes halogenated alkanes) is 26. The third-order valence-corrected chi connectivity index (χ3v) is 10.7. The number of carbonyl (C=O) groups is 1. The van der Waals surface area contributed by atoms with Crippen molar-refractivity contribution in [3.63, 3.8) is 0 Å². The molecule has 6 N–H and O–H groups in total. The van der Waals surface area contributed by atoms with Crippen LogP contribution in [-0.4, -0.2) is 87.5 Å². The summed E-state index contributed by atoms with van der Waals surface area (Å²) in [7, 11) is 0. The molecule has 51 heavy (non-hydrogen) atoms. The summed E-state index contributed by atoms with van der Waals surface area (Å²) in [6, 6.07) is -0.709. The Morgan fingerprint density at radius 1 is 0.588 bits per heavy atom. The molecule has 0 bridgehead atoms. The van der Waals surface area contributed by atoms with Gasteiger partial charge >= 0.3 is 0 Å². The van der Waals surface area contributed by atoms with Gasteiger partial charge in [-0.2, -0.15) is 0 Å². The molecule has 1 aliphatic heterocycles. The Bertz CT molecular complexity index is 771. The maximum Gasteiger partial charge on any atom is 0.220 e. The van der Waals surface area contributed by atoms with Crippen LogP contribution >= 0.6 is 0 Å². The van der Waals surface area contributed by atoms with Crippen LogP contribution in [0.4, 0.5) is 0 Å². The maximum absolute atomic E-state index is 12.9. The van der Waals surface area contributed by atoms with E-state index < -0.39 is 49.5 Å². The lowest BCUT2D eigenvalue weighted by Crippen LogP contribution is -2.60. The lowest BCUT2D eigenvalue weighted by molar-refractivity contribution is -0.302. The molecule has 0 saturated carbocycles. The smallest absolute Gasteiger partial charge is 0.220 e. The molecule has 0 aromatic rings. The van der Waals surface area contributed by atoms with E-state index in [2.05, 4.69) is 19.2 Å². The Morgan fingerprint density at radius 3 is 1.39 bits per heavy atom. The number of ether oxygens (including phenoxy) is 2. The summed E-state index contributed by atoms with van der Waals surface area (Å²) in [4.78, 5) is 12.9. The first-order chi connectivity index (χ1) is 24.8. The van der Waals surface area contributed by atoms with Crippen molar-refractivity contribution in [3.8, 4) is 0 Å². The zero-order chi connectivity index (χ0) is 37.4. The number of aliphatic hydroxyl groups is 5. The Balaban J connectivity index is 2.30. The predicted molar refractivity (Wildman–Crippen MR) is 208 cm³/mol. The number of hydrogen-bond donors (Lipinski definition) is 6. The van der Waals surface area contributed by atoms with Crippen molar-refractivity contribution < 1.29 is 39.8 Å². The first-order valence-electron chi connectivity index (χ1n) is 21.7. The average molecular weight is 730 g/mol. The maximum atomic E-state index is 12.9. The molecule has 9 heteroatoms. The summed E-state index contributed by atoms with van der Waals surface area (Å²) in [5.74, 6) is -0.143. The molecular formula is C42H83NO8. The topological polar surface area (TPSA) is 149 Å². The van der Waals surface area contributed by atoms with E-state index >= 15 is 0 Å². The Kier molecular flexibility index (Phi) is 31.9. The van der Waals surface area contributed by atoms with Crippen molar-refractivity contribution in [1.29, 1.82) is 0 Å². The summed E-state index contributed by atoms with van der Waals surface area (Å²) in [6.45, 7) is 3.82. The van der Waals surface area contributed by atoms with Crippen LogP contribution in [0.2, 0.25) is 0 Å². The van der Waals surface area contributed by atoms with Crippen LogP contribution in [0.3, 0.4) is 0 Å². The summed E-state index contributed by atoms with van der Waals surface area (Å²) >= 11 is 0. The van der Waals surface area contributed by atoms with E-state index in [4.69, 9.17) is 9.47 Å². The normalized spacial score (nSPS) is 21.9. The van der Waals surface area contributed by atoms with Gasteiger partial charge in [0.1, 0.15) is 24.4 Å². The van der Waals surface area contributed by atoms with Crippen LogP contribution in [0.1, 0.15) is 206 Å². The van der Waals surface area contributed by atoms with Gasteiger partial charge in [-0.15, -0.1) is 0 Å². The van der Waals surface area contributed by atoms with Gasteiger partial charge in [0.2, 0.25) is 5.91 Å². The fourth-order valence-electron chi connectivity index (χ4n) is 7.16. The summed E-state index contributed by atoms with van der Waals surface area (Å²) in [5, 5.41) is 54.1. The minimum absolute atomic E-state index is 0.132. The van der Waals surface area contributed by atoms with Gasteiger partial charge < -0.3 is 40.3 Å². The average Bonchev–Trinajstić information content (AvgIpc) is 3.13. The largest absolute Gasteiger partial charge is 0.394 e. The van der Waals surface area contributed by atoms with E-state index in [1.807, 2.05) is 0 Å². The van der Waals surface area contributed by atoms with E-state index in [0.29, 0.717) is 12.8 Å². The van der Waals surface area contributed by atoms with Gasteiger partial charge in [-0.25, -0.2) is 0 Å². The van der Waals surface area contributed by atoms with Gasteiger partial charge in [-0.1, -0.05) is 187 Å². The number of rotatable bonds is 36. The molecule has 0 aliphatic carbocycles. The monoisotopic (exact) mass is 730 g/mol. The molecule has 9 nitrogen and oxygen atoms in total. The van der Waals surface area contributed by atoms with E-state index in [1.54, 1.807) is 0 Å². The van der Waals surface area contributed by atoms with Crippen LogP contribution in [0.5, 0.6) is 0 Å². The standard InChI is InChI=1S/C42H83NO8/c1-3-5-7-9-11-13-15-16-17-18-19-20-21-22-24-26-28-30-32-38(46)43-35(34-50-42-41(49)40(48)39(47)37(33-44)51-42)36(45)31-29-27-25-23-14-12-10-8-6-4-2/h35-37,39-42,44-45,47-49H,3-34H2,1-2H3,(H,43,46)/t35-,36+,37+,39-,40?,41?,42+/m0/s1. The minimum Gasteiger partial charge on any atom is -0.394 e. The van der Waals surface area contributed by atoms with E-state index in [1.165, 1.54) is 141 Å². The van der Waals surface area contributed by atoms with Crippen LogP contribution in [0.25, 0.3) is 0 Å². The van der Waals surface area contributed by atoms with Crippen LogP contribution in [-0.2, 0) is 14.3 Å². The molecule has 1 heterocycles. The van der Waals surface area contributed by atoms with E-state index in [-0.39, 0.29) is 12.5 Å². The third-order valence-electron chi connectivity index (χ3n) is 10.7. The molecule has 0 spiro atoms. The Hall–Kier alpha value is -0.810. The zero-order valence-electron chi connectivity index (χ0n) is 33.1. The predicted octanol–water partition coefficient (Wildman–Crippen LogP) is 8.39. The van der Waals surface area contributed by atoms with Crippen LogP contribution < -0.4 is 5.32 Å². The fraction of sp³-hybridized carbons (Fsp3) is 0.976. The molecule has 0 radical (unpaired) electrons. The van der Waals surface area contributed by atoms with Gasteiger partial charge in [0.15, 0.2) is 6.29 Å². The second-order valence-electron chi connectivity index (χ2n) is 15.5. The summed E-state index contributed by atoms with van der Waals surface area (Å²) in [6.07, 6.45) is 28.3. The van der Waals surface area contributed by atoms with E-state index in [0.717, 1.165) is 38.5 Å². The van der Waals surface area contributed by atoms with Crippen molar-refractivity contribution in [1.82, 2.24) is 5.32 Å². The number of aliphatic hydroxyl groups excluding tert-OH is 5. The summed E-state index contributed by atoms with van der Waals surface area (Å²) < 4.78 is 11.2. The molecule has 1 saturated heterocycles. The number of hydrogen-bond acceptors (Lipinski definition) is 8. The van der Waals surface area contributed by atoms with Crippen LogP contribution in [0, 0.1) is 0 Å². The molecule has 1 amide bonds. The number of amides is 1. The molecule has 304 valence electrons.